The fraction of sp³-hybridized carbons (Fsp3) is 0.438. The summed E-state index contributed by atoms with van der Waals surface area (Å²) in [6.45, 7) is -0.499. The number of halogens is 1. The molecule has 1 aliphatic carbocycles. The van der Waals surface area contributed by atoms with Crippen molar-refractivity contribution in [3.8, 4) is 0 Å². The van der Waals surface area contributed by atoms with Crippen molar-refractivity contribution in [3.05, 3.63) is 28.8 Å². The third kappa shape index (κ3) is 5.42. The molecule has 130 valence electrons. The number of rotatable bonds is 7. The molecule has 0 saturated heterocycles. The molecule has 0 spiro atoms. The van der Waals surface area contributed by atoms with E-state index in [-0.39, 0.29) is 29.1 Å². The Hall–Kier alpha value is -1.73. The van der Waals surface area contributed by atoms with Crippen LogP contribution >= 0.6 is 23.4 Å². The lowest BCUT2D eigenvalue weighted by atomic mass is 10.2. The van der Waals surface area contributed by atoms with E-state index < -0.39 is 18.5 Å². The molecule has 0 aromatic heterocycles. The SMILES string of the molecule is CSc1ccc(Cl)c(C(=O)OCC(=O)N(C)CC(=O)NC2CC2)c1. The van der Waals surface area contributed by atoms with Crippen LogP contribution in [0.3, 0.4) is 0 Å². The van der Waals surface area contributed by atoms with Gasteiger partial charge in [0.2, 0.25) is 5.91 Å². The molecular formula is C16H19ClN2O4S. The summed E-state index contributed by atoms with van der Waals surface area (Å²) in [6.07, 6.45) is 3.84. The Morgan fingerprint density at radius 1 is 1.38 bits per heavy atom. The maximum atomic E-state index is 12.1. The van der Waals surface area contributed by atoms with Gasteiger partial charge in [-0.3, -0.25) is 9.59 Å². The zero-order valence-electron chi connectivity index (χ0n) is 13.5. The van der Waals surface area contributed by atoms with Gasteiger partial charge in [-0.05, 0) is 37.3 Å². The van der Waals surface area contributed by atoms with Gasteiger partial charge in [0, 0.05) is 18.0 Å². The predicted molar refractivity (Wildman–Crippen MR) is 92.3 cm³/mol. The molecule has 6 nitrogen and oxygen atoms in total. The molecule has 0 radical (unpaired) electrons. The van der Waals surface area contributed by atoms with E-state index in [2.05, 4.69) is 5.32 Å². The van der Waals surface area contributed by atoms with Gasteiger partial charge in [-0.25, -0.2) is 4.79 Å². The summed E-state index contributed by atoms with van der Waals surface area (Å²) in [4.78, 5) is 37.8. The summed E-state index contributed by atoms with van der Waals surface area (Å²) >= 11 is 7.46. The van der Waals surface area contributed by atoms with E-state index in [1.807, 2.05) is 6.26 Å². The quantitative estimate of drug-likeness (QED) is 0.586. The molecule has 24 heavy (non-hydrogen) atoms. The fourth-order valence-corrected chi connectivity index (χ4v) is 2.54. The van der Waals surface area contributed by atoms with E-state index >= 15 is 0 Å². The molecule has 1 aromatic carbocycles. The maximum absolute atomic E-state index is 12.1. The van der Waals surface area contributed by atoms with Gasteiger partial charge in [-0.15, -0.1) is 11.8 Å². The van der Waals surface area contributed by atoms with Crippen molar-refractivity contribution in [3.63, 3.8) is 0 Å². The molecular weight excluding hydrogens is 352 g/mol. The highest BCUT2D eigenvalue weighted by Gasteiger charge is 2.24. The van der Waals surface area contributed by atoms with Crippen LogP contribution in [0.5, 0.6) is 0 Å². The number of esters is 1. The van der Waals surface area contributed by atoms with Crippen molar-refractivity contribution in [2.75, 3.05) is 26.5 Å². The monoisotopic (exact) mass is 370 g/mol. The van der Waals surface area contributed by atoms with Gasteiger partial charge in [-0.2, -0.15) is 0 Å². The number of nitrogens with zero attached hydrogens (tertiary/aromatic N) is 1. The second-order valence-electron chi connectivity index (χ2n) is 5.51. The third-order valence-corrected chi connectivity index (χ3v) is 4.52. The number of hydrogen-bond acceptors (Lipinski definition) is 5. The van der Waals surface area contributed by atoms with Gasteiger partial charge in [-0.1, -0.05) is 11.6 Å². The number of likely N-dealkylation sites (N-methyl/N-ethyl adjacent to an activating group) is 1. The van der Waals surface area contributed by atoms with Crippen LogP contribution in [0.4, 0.5) is 0 Å². The van der Waals surface area contributed by atoms with Gasteiger partial charge in [0.25, 0.3) is 5.91 Å². The van der Waals surface area contributed by atoms with Crippen molar-refractivity contribution >= 4 is 41.1 Å². The second kappa shape index (κ2) is 8.39. The summed E-state index contributed by atoms with van der Waals surface area (Å²) in [6, 6.07) is 5.26. The van der Waals surface area contributed by atoms with E-state index in [9.17, 15) is 14.4 Å². The molecule has 0 heterocycles. The predicted octanol–water partition coefficient (Wildman–Crippen LogP) is 1.96. The molecule has 1 fully saturated rings. The fourth-order valence-electron chi connectivity index (χ4n) is 1.91. The summed E-state index contributed by atoms with van der Waals surface area (Å²) in [5.41, 5.74) is 0.213. The van der Waals surface area contributed by atoms with E-state index in [0.717, 1.165) is 17.7 Å². The zero-order chi connectivity index (χ0) is 17.7. The van der Waals surface area contributed by atoms with Crippen LogP contribution in [0.25, 0.3) is 0 Å². The van der Waals surface area contributed by atoms with Crippen LogP contribution < -0.4 is 5.32 Å². The molecule has 0 bridgehead atoms. The van der Waals surface area contributed by atoms with Gasteiger partial charge in [0.05, 0.1) is 17.1 Å². The Morgan fingerprint density at radius 2 is 2.08 bits per heavy atom. The largest absolute Gasteiger partial charge is 0.452 e. The lowest BCUT2D eigenvalue weighted by Crippen LogP contribution is -2.40. The summed E-state index contributed by atoms with van der Waals surface area (Å²) in [5, 5.41) is 3.06. The first-order valence-electron chi connectivity index (χ1n) is 7.44. The van der Waals surface area contributed by atoms with Crippen molar-refractivity contribution < 1.29 is 19.1 Å². The van der Waals surface area contributed by atoms with E-state index in [4.69, 9.17) is 16.3 Å². The van der Waals surface area contributed by atoms with Crippen molar-refractivity contribution in [1.29, 1.82) is 0 Å². The topological polar surface area (TPSA) is 75.7 Å². The molecule has 0 unspecified atom stereocenters. The molecule has 2 rings (SSSR count). The van der Waals surface area contributed by atoms with Crippen molar-refractivity contribution in [2.45, 2.75) is 23.8 Å². The van der Waals surface area contributed by atoms with Crippen LogP contribution in [0, 0.1) is 0 Å². The van der Waals surface area contributed by atoms with Gasteiger partial charge in [0.15, 0.2) is 6.61 Å². The van der Waals surface area contributed by atoms with E-state index in [1.54, 1.807) is 18.2 Å². The van der Waals surface area contributed by atoms with Gasteiger partial charge in [0.1, 0.15) is 0 Å². The molecule has 1 saturated carbocycles. The molecule has 1 N–H and O–H groups in total. The minimum Gasteiger partial charge on any atom is -0.452 e. The molecule has 0 atom stereocenters. The number of amides is 2. The normalized spacial score (nSPS) is 13.3. The Labute approximate surface area is 149 Å². The maximum Gasteiger partial charge on any atom is 0.340 e. The Balaban J connectivity index is 1.83. The van der Waals surface area contributed by atoms with Gasteiger partial charge >= 0.3 is 5.97 Å². The molecule has 1 aliphatic rings. The highest BCUT2D eigenvalue weighted by molar-refractivity contribution is 7.98. The zero-order valence-corrected chi connectivity index (χ0v) is 15.1. The average Bonchev–Trinajstić information content (AvgIpc) is 3.36. The number of ether oxygens (including phenoxy) is 1. The van der Waals surface area contributed by atoms with Crippen molar-refractivity contribution in [1.82, 2.24) is 10.2 Å². The van der Waals surface area contributed by atoms with Crippen LogP contribution in [0.2, 0.25) is 5.02 Å². The standard InChI is InChI=1S/C16H19ClN2O4S/c1-19(8-14(20)18-10-3-4-10)15(21)9-23-16(22)12-7-11(24-2)5-6-13(12)17/h5-7,10H,3-4,8-9H2,1-2H3,(H,18,20). The number of nitrogens with one attached hydrogen (secondary N) is 1. The summed E-state index contributed by atoms with van der Waals surface area (Å²) in [5.74, 6) is -1.33. The first kappa shape index (κ1) is 18.6. The van der Waals surface area contributed by atoms with Crippen LogP contribution in [0.1, 0.15) is 23.2 Å². The minimum atomic E-state index is -0.667. The highest BCUT2D eigenvalue weighted by atomic mass is 35.5. The van der Waals surface area contributed by atoms with E-state index in [1.165, 1.54) is 23.7 Å². The number of thioether (sulfide) groups is 1. The summed E-state index contributed by atoms with van der Waals surface area (Å²) in [7, 11) is 1.49. The first-order valence-corrected chi connectivity index (χ1v) is 9.05. The number of carbonyl (C=O) groups is 3. The van der Waals surface area contributed by atoms with Crippen LogP contribution in [-0.2, 0) is 14.3 Å². The number of benzene rings is 1. The smallest absolute Gasteiger partial charge is 0.340 e. The number of hydrogen-bond donors (Lipinski definition) is 1. The third-order valence-electron chi connectivity index (χ3n) is 3.47. The lowest BCUT2D eigenvalue weighted by Gasteiger charge is -2.16. The Morgan fingerprint density at radius 3 is 2.71 bits per heavy atom. The first-order chi connectivity index (χ1) is 11.4. The molecule has 1 aromatic rings. The second-order valence-corrected chi connectivity index (χ2v) is 6.80. The minimum absolute atomic E-state index is 0.0599. The molecule has 8 heteroatoms. The number of carbonyl (C=O) groups excluding carboxylic acids is 3. The summed E-state index contributed by atoms with van der Waals surface area (Å²) < 4.78 is 5.01. The highest BCUT2D eigenvalue weighted by Crippen LogP contribution is 2.23. The van der Waals surface area contributed by atoms with Gasteiger partial charge < -0.3 is 15.0 Å². The van der Waals surface area contributed by atoms with E-state index in [0.29, 0.717) is 0 Å². The lowest BCUT2D eigenvalue weighted by molar-refractivity contribution is -0.137. The molecule has 0 aliphatic heterocycles. The van der Waals surface area contributed by atoms with Crippen LogP contribution in [-0.4, -0.2) is 55.2 Å². The van der Waals surface area contributed by atoms with Crippen molar-refractivity contribution in [2.24, 2.45) is 0 Å². The van der Waals surface area contributed by atoms with Crippen LogP contribution in [0.15, 0.2) is 23.1 Å². The Bertz CT molecular complexity index is 649. The Kier molecular flexibility index (Phi) is 6.51. The average molecular weight is 371 g/mol. The molecule has 2 amide bonds.